The zero-order chi connectivity index (χ0) is 14.8. The fourth-order valence-corrected chi connectivity index (χ4v) is 2.78. The molecule has 0 saturated carbocycles. The molecule has 0 radical (unpaired) electrons. The number of aryl methyl sites for hydroxylation is 1. The molecule has 2 rings (SSSR count). The molecule has 1 atom stereocenters. The summed E-state index contributed by atoms with van der Waals surface area (Å²) in [5.74, 6) is 0.0121. The monoisotopic (exact) mass is 299 g/mol. The number of benzene rings is 1. The van der Waals surface area contributed by atoms with E-state index < -0.39 is 26.8 Å². The molecule has 1 aromatic carbocycles. The van der Waals surface area contributed by atoms with E-state index in [2.05, 4.69) is 4.72 Å². The standard InChI is InChI=1S/C13H14FNO4S/c1-9-6-7-12(19-9)11(16)8-15-20(17,18)13-5-3-2-4-10(13)14/h2-7,11,15-16H,8H2,1H3/t11-/m1/s1. The van der Waals surface area contributed by atoms with Gasteiger partial charge in [-0.15, -0.1) is 0 Å². The molecule has 0 spiro atoms. The molecule has 0 aliphatic carbocycles. The molecule has 1 aromatic heterocycles. The van der Waals surface area contributed by atoms with Gasteiger partial charge in [0.25, 0.3) is 0 Å². The van der Waals surface area contributed by atoms with Crippen LogP contribution in [0.2, 0.25) is 0 Å². The molecule has 0 fully saturated rings. The van der Waals surface area contributed by atoms with E-state index in [1.54, 1.807) is 19.1 Å². The number of sulfonamides is 1. The minimum atomic E-state index is -4.01. The Hall–Kier alpha value is -1.70. The summed E-state index contributed by atoms with van der Waals surface area (Å²) in [4.78, 5) is -0.456. The van der Waals surface area contributed by atoms with Gasteiger partial charge in [0.1, 0.15) is 28.3 Å². The maximum absolute atomic E-state index is 13.4. The molecule has 0 aliphatic rings. The van der Waals surface area contributed by atoms with Gasteiger partial charge in [-0.3, -0.25) is 0 Å². The van der Waals surface area contributed by atoms with Crippen LogP contribution in [0.25, 0.3) is 0 Å². The highest BCUT2D eigenvalue weighted by Gasteiger charge is 2.21. The molecule has 7 heteroatoms. The van der Waals surface area contributed by atoms with Crippen LogP contribution in [0.1, 0.15) is 17.6 Å². The van der Waals surface area contributed by atoms with Gasteiger partial charge >= 0.3 is 0 Å². The first kappa shape index (κ1) is 14.7. The quantitative estimate of drug-likeness (QED) is 0.881. The first-order chi connectivity index (χ1) is 9.40. The Labute approximate surface area is 116 Å². The lowest BCUT2D eigenvalue weighted by Gasteiger charge is -2.10. The number of aliphatic hydroxyl groups is 1. The van der Waals surface area contributed by atoms with Crippen LogP contribution >= 0.6 is 0 Å². The number of hydrogen-bond donors (Lipinski definition) is 2. The van der Waals surface area contributed by atoms with Crippen LogP contribution in [0.3, 0.4) is 0 Å². The second kappa shape index (κ2) is 5.74. The Morgan fingerprint density at radius 1 is 1.30 bits per heavy atom. The van der Waals surface area contributed by atoms with Crippen molar-refractivity contribution in [2.24, 2.45) is 0 Å². The van der Waals surface area contributed by atoms with Crippen LogP contribution in [0.4, 0.5) is 4.39 Å². The van der Waals surface area contributed by atoms with E-state index in [1.807, 2.05) is 0 Å². The lowest BCUT2D eigenvalue weighted by molar-refractivity contribution is 0.152. The third kappa shape index (κ3) is 3.24. The smallest absolute Gasteiger partial charge is 0.243 e. The largest absolute Gasteiger partial charge is 0.464 e. The van der Waals surface area contributed by atoms with Crippen molar-refractivity contribution in [3.05, 3.63) is 53.7 Å². The first-order valence-electron chi connectivity index (χ1n) is 5.89. The van der Waals surface area contributed by atoms with Gasteiger partial charge < -0.3 is 9.52 Å². The normalized spacial score (nSPS) is 13.3. The van der Waals surface area contributed by atoms with Gasteiger partial charge in [-0.1, -0.05) is 12.1 Å². The van der Waals surface area contributed by atoms with Gasteiger partial charge in [0.15, 0.2) is 0 Å². The zero-order valence-corrected chi connectivity index (χ0v) is 11.5. The number of halogens is 1. The van der Waals surface area contributed by atoms with Gasteiger partial charge in [-0.2, -0.15) is 0 Å². The Bertz CT molecular complexity index is 696. The van der Waals surface area contributed by atoms with Crippen LogP contribution < -0.4 is 4.72 Å². The predicted octanol–water partition coefficient (Wildman–Crippen LogP) is 1.74. The molecule has 0 saturated heterocycles. The highest BCUT2D eigenvalue weighted by molar-refractivity contribution is 7.89. The third-order valence-electron chi connectivity index (χ3n) is 2.68. The molecule has 108 valence electrons. The first-order valence-corrected chi connectivity index (χ1v) is 7.37. The molecular formula is C13H14FNO4S. The molecule has 20 heavy (non-hydrogen) atoms. The fourth-order valence-electron chi connectivity index (χ4n) is 1.66. The van der Waals surface area contributed by atoms with Crippen molar-refractivity contribution >= 4 is 10.0 Å². The predicted molar refractivity (Wildman–Crippen MR) is 70.0 cm³/mol. The third-order valence-corrected chi connectivity index (χ3v) is 4.14. The van der Waals surface area contributed by atoms with Gasteiger partial charge in [0.2, 0.25) is 10.0 Å². The van der Waals surface area contributed by atoms with E-state index in [-0.39, 0.29) is 12.3 Å². The summed E-state index contributed by atoms with van der Waals surface area (Å²) in [5.41, 5.74) is 0. The second-order valence-corrected chi connectivity index (χ2v) is 5.98. The van der Waals surface area contributed by atoms with E-state index in [0.717, 1.165) is 12.1 Å². The van der Waals surface area contributed by atoms with Crippen LogP contribution in [0.15, 0.2) is 45.7 Å². The van der Waals surface area contributed by atoms with Gasteiger partial charge in [0, 0.05) is 6.54 Å². The molecule has 0 unspecified atom stereocenters. The number of hydrogen-bond acceptors (Lipinski definition) is 4. The summed E-state index contributed by atoms with van der Waals surface area (Å²) >= 11 is 0. The fraction of sp³-hybridized carbons (Fsp3) is 0.231. The van der Waals surface area contributed by atoms with Gasteiger partial charge in [-0.05, 0) is 31.2 Å². The molecule has 2 aromatic rings. The van der Waals surface area contributed by atoms with Crippen molar-refractivity contribution in [3.8, 4) is 0 Å². The van der Waals surface area contributed by atoms with Crippen molar-refractivity contribution in [3.63, 3.8) is 0 Å². The lowest BCUT2D eigenvalue weighted by Crippen LogP contribution is -2.29. The maximum Gasteiger partial charge on any atom is 0.243 e. The second-order valence-electron chi connectivity index (χ2n) is 4.25. The Morgan fingerprint density at radius 2 is 2.00 bits per heavy atom. The number of furan rings is 1. The summed E-state index contributed by atoms with van der Waals surface area (Å²) < 4.78 is 44.6. The summed E-state index contributed by atoms with van der Waals surface area (Å²) in [6.07, 6.45) is -1.13. The molecule has 5 nitrogen and oxygen atoms in total. The topological polar surface area (TPSA) is 79.5 Å². The Kier molecular flexibility index (Phi) is 4.22. The SMILES string of the molecule is Cc1ccc([C@H](O)CNS(=O)(=O)c2ccccc2F)o1. The Morgan fingerprint density at radius 3 is 2.60 bits per heavy atom. The number of nitrogens with one attached hydrogen (secondary N) is 1. The summed E-state index contributed by atoms with van der Waals surface area (Å²) in [5, 5.41) is 9.80. The van der Waals surface area contributed by atoms with E-state index in [9.17, 15) is 17.9 Å². The number of aliphatic hydroxyl groups excluding tert-OH is 1. The van der Waals surface area contributed by atoms with Crippen LogP contribution in [-0.2, 0) is 10.0 Å². The van der Waals surface area contributed by atoms with Gasteiger partial charge in [0.05, 0.1) is 0 Å². The van der Waals surface area contributed by atoms with Crippen LogP contribution in [-0.4, -0.2) is 20.1 Å². The maximum atomic E-state index is 13.4. The van der Waals surface area contributed by atoms with Crippen molar-refractivity contribution in [1.82, 2.24) is 4.72 Å². The van der Waals surface area contributed by atoms with Crippen molar-refractivity contribution < 1.29 is 22.3 Å². The van der Waals surface area contributed by atoms with E-state index in [1.165, 1.54) is 12.1 Å². The minimum absolute atomic E-state index is 0.249. The average Bonchev–Trinajstić information content (AvgIpc) is 2.83. The zero-order valence-electron chi connectivity index (χ0n) is 10.7. The number of rotatable bonds is 5. The molecular weight excluding hydrogens is 285 g/mol. The van der Waals surface area contributed by atoms with Crippen LogP contribution in [0, 0.1) is 12.7 Å². The molecule has 2 N–H and O–H groups in total. The minimum Gasteiger partial charge on any atom is -0.464 e. The van der Waals surface area contributed by atoms with Crippen molar-refractivity contribution in [1.29, 1.82) is 0 Å². The highest BCUT2D eigenvalue weighted by atomic mass is 32.2. The summed E-state index contributed by atoms with van der Waals surface area (Å²) in [7, 11) is -4.01. The summed E-state index contributed by atoms with van der Waals surface area (Å²) in [6.45, 7) is 1.41. The lowest BCUT2D eigenvalue weighted by atomic mass is 10.3. The van der Waals surface area contributed by atoms with Crippen molar-refractivity contribution in [2.45, 2.75) is 17.9 Å². The van der Waals surface area contributed by atoms with E-state index in [0.29, 0.717) is 5.76 Å². The molecule has 0 aliphatic heterocycles. The van der Waals surface area contributed by atoms with Crippen LogP contribution in [0.5, 0.6) is 0 Å². The van der Waals surface area contributed by atoms with E-state index >= 15 is 0 Å². The molecule has 0 bridgehead atoms. The van der Waals surface area contributed by atoms with E-state index in [4.69, 9.17) is 4.42 Å². The summed E-state index contributed by atoms with van der Waals surface area (Å²) in [6, 6.07) is 8.24. The molecule has 0 amide bonds. The average molecular weight is 299 g/mol. The Balaban J connectivity index is 2.08. The van der Waals surface area contributed by atoms with Crippen molar-refractivity contribution in [2.75, 3.05) is 6.54 Å². The highest BCUT2D eigenvalue weighted by Crippen LogP contribution is 2.17. The van der Waals surface area contributed by atoms with Gasteiger partial charge in [-0.25, -0.2) is 17.5 Å². The molecule has 1 heterocycles.